The fraction of sp³-hybridized carbons (Fsp3) is 0.611. The molecule has 1 aliphatic heterocycles. The predicted octanol–water partition coefficient (Wildman–Crippen LogP) is 3.48. The number of hydrogen-bond donors (Lipinski definition) is 1. The first-order chi connectivity index (χ1) is 11.7. The highest BCUT2D eigenvalue weighted by Crippen LogP contribution is 2.24. The quantitative estimate of drug-likeness (QED) is 0.748. The van der Waals surface area contributed by atoms with Crippen LogP contribution < -0.4 is 10.1 Å². The Hall–Kier alpha value is -1.79. The lowest BCUT2D eigenvalue weighted by Crippen LogP contribution is -2.41. The summed E-state index contributed by atoms with van der Waals surface area (Å²) in [5.41, 5.74) is 0.618. The van der Waals surface area contributed by atoms with E-state index in [0.717, 1.165) is 32.4 Å². The number of anilines is 1. The van der Waals surface area contributed by atoms with E-state index in [9.17, 15) is 4.79 Å². The summed E-state index contributed by atoms with van der Waals surface area (Å²) in [6.45, 7) is 7.43. The minimum atomic E-state index is -0.487. The number of benzene rings is 1. The van der Waals surface area contributed by atoms with Crippen LogP contribution in [-0.4, -0.2) is 50.1 Å². The van der Waals surface area contributed by atoms with Crippen molar-refractivity contribution in [2.45, 2.75) is 39.3 Å². The molecule has 1 aliphatic rings. The molecule has 1 unspecified atom stereocenters. The lowest BCUT2D eigenvalue weighted by molar-refractivity contribution is -0.0507. The third-order valence-corrected chi connectivity index (χ3v) is 3.84. The average Bonchev–Trinajstić information content (AvgIpc) is 3.12. The maximum Gasteiger partial charge on any atom is 0.413 e. The molecule has 2 rings (SSSR count). The van der Waals surface area contributed by atoms with Crippen LogP contribution in [0.3, 0.4) is 0 Å². The van der Waals surface area contributed by atoms with E-state index in [4.69, 9.17) is 14.2 Å². The van der Waals surface area contributed by atoms with E-state index in [1.807, 2.05) is 32.0 Å². The molecular formula is C18H28N2O4. The van der Waals surface area contributed by atoms with Gasteiger partial charge in [-0.15, -0.1) is 0 Å². The van der Waals surface area contributed by atoms with Crippen molar-refractivity contribution in [2.75, 3.05) is 38.2 Å². The summed E-state index contributed by atoms with van der Waals surface area (Å²) < 4.78 is 16.7. The average molecular weight is 336 g/mol. The Morgan fingerprint density at radius 3 is 2.71 bits per heavy atom. The highest BCUT2D eigenvalue weighted by Gasteiger charge is 2.25. The monoisotopic (exact) mass is 336 g/mol. The van der Waals surface area contributed by atoms with Gasteiger partial charge in [0, 0.05) is 19.7 Å². The van der Waals surface area contributed by atoms with Gasteiger partial charge in [0.25, 0.3) is 0 Å². The molecule has 0 saturated carbocycles. The number of nitrogens with zero attached hydrogens (tertiary/aromatic N) is 1. The summed E-state index contributed by atoms with van der Waals surface area (Å²) in [5, 5.41) is 2.78. The van der Waals surface area contributed by atoms with Crippen molar-refractivity contribution in [3.8, 4) is 5.75 Å². The van der Waals surface area contributed by atoms with Crippen molar-refractivity contribution in [2.24, 2.45) is 0 Å². The minimum absolute atomic E-state index is 0.351. The van der Waals surface area contributed by atoms with E-state index in [2.05, 4.69) is 10.2 Å². The van der Waals surface area contributed by atoms with E-state index >= 15 is 0 Å². The molecule has 0 aliphatic carbocycles. The van der Waals surface area contributed by atoms with Gasteiger partial charge in [-0.25, -0.2) is 4.79 Å². The number of carbonyl (C=O) groups excluding carboxylic acids is 1. The highest BCUT2D eigenvalue weighted by atomic mass is 16.6. The van der Waals surface area contributed by atoms with Gasteiger partial charge in [-0.1, -0.05) is 19.1 Å². The summed E-state index contributed by atoms with van der Waals surface area (Å²) in [6, 6.07) is 7.37. The normalized spacial score (nSPS) is 15.9. The number of para-hydroxylation sites is 2. The Kier molecular flexibility index (Phi) is 7.85. The summed E-state index contributed by atoms with van der Waals surface area (Å²) in [6.07, 6.45) is 2.32. The first-order valence-electron chi connectivity index (χ1n) is 8.75. The van der Waals surface area contributed by atoms with E-state index in [1.54, 1.807) is 6.07 Å². The Morgan fingerprint density at radius 2 is 2.00 bits per heavy atom. The fourth-order valence-corrected chi connectivity index (χ4v) is 2.63. The van der Waals surface area contributed by atoms with Gasteiger partial charge in [0.2, 0.25) is 0 Å². The van der Waals surface area contributed by atoms with Gasteiger partial charge in [-0.3, -0.25) is 10.2 Å². The van der Waals surface area contributed by atoms with Crippen molar-refractivity contribution < 1.29 is 19.0 Å². The summed E-state index contributed by atoms with van der Waals surface area (Å²) in [5.74, 6) is 0.652. The molecule has 1 N–H and O–H groups in total. The van der Waals surface area contributed by atoms with Gasteiger partial charge >= 0.3 is 6.09 Å². The van der Waals surface area contributed by atoms with Crippen molar-refractivity contribution in [3.05, 3.63) is 24.3 Å². The Morgan fingerprint density at radius 1 is 1.25 bits per heavy atom. The van der Waals surface area contributed by atoms with Gasteiger partial charge in [-0.2, -0.15) is 0 Å². The summed E-state index contributed by atoms with van der Waals surface area (Å²) in [4.78, 5) is 14.4. The number of carbonyl (C=O) groups is 1. The lowest BCUT2D eigenvalue weighted by Gasteiger charge is -2.27. The second kappa shape index (κ2) is 10.2. The van der Waals surface area contributed by atoms with Gasteiger partial charge in [-0.05, 0) is 38.3 Å². The zero-order valence-electron chi connectivity index (χ0n) is 14.6. The van der Waals surface area contributed by atoms with Gasteiger partial charge in [0.1, 0.15) is 5.75 Å². The zero-order valence-corrected chi connectivity index (χ0v) is 14.6. The third kappa shape index (κ3) is 5.69. The fourth-order valence-electron chi connectivity index (χ4n) is 2.63. The number of hydrogen-bond acceptors (Lipinski definition) is 5. The van der Waals surface area contributed by atoms with Crippen LogP contribution in [0.15, 0.2) is 24.3 Å². The highest BCUT2D eigenvalue weighted by molar-refractivity contribution is 5.86. The summed E-state index contributed by atoms with van der Waals surface area (Å²) >= 11 is 0. The first-order valence-corrected chi connectivity index (χ1v) is 8.75. The molecule has 0 spiro atoms. The number of likely N-dealkylation sites (tertiary alicyclic amines) is 1. The third-order valence-electron chi connectivity index (χ3n) is 3.84. The molecule has 24 heavy (non-hydrogen) atoms. The lowest BCUT2D eigenvalue weighted by atomic mass is 10.3. The zero-order chi connectivity index (χ0) is 17.2. The summed E-state index contributed by atoms with van der Waals surface area (Å²) in [7, 11) is 0. The Balaban J connectivity index is 1.94. The van der Waals surface area contributed by atoms with Crippen molar-refractivity contribution in [1.29, 1.82) is 0 Å². The topological polar surface area (TPSA) is 60.0 Å². The molecule has 1 saturated heterocycles. The van der Waals surface area contributed by atoms with Gasteiger partial charge < -0.3 is 14.2 Å². The molecule has 0 aromatic heterocycles. The Bertz CT molecular complexity index is 504. The van der Waals surface area contributed by atoms with Gasteiger partial charge in [0.15, 0.2) is 6.23 Å². The van der Waals surface area contributed by atoms with Crippen molar-refractivity contribution in [3.63, 3.8) is 0 Å². The number of nitrogens with one attached hydrogen (secondary N) is 1. The molecule has 6 heteroatoms. The van der Waals surface area contributed by atoms with Crippen LogP contribution in [0.1, 0.15) is 33.1 Å². The van der Waals surface area contributed by atoms with Crippen LogP contribution >= 0.6 is 0 Å². The first kappa shape index (κ1) is 18.5. The van der Waals surface area contributed by atoms with Crippen LogP contribution in [0.5, 0.6) is 5.75 Å². The van der Waals surface area contributed by atoms with E-state index in [1.165, 1.54) is 0 Å². The molecule has 1 aromatic carbocycles. The second-order valence-electron chi connectivity index (χ2n) is 5.73. The van der Waals surface area contributed by atoms with E-state index in [-0.39, 0.29) is 6.23 Å². The van der Waals surface area contributed by atoms with Crippen molar-refractivity contribution >= 4 is 11.8 Å². The molecule has 0 bridgehead atoms. The largest absolute Gasteiger partial charge is 0.491 e. The smallest absolute Gasteiger partial charge is 0.413 e. The maximum atomic E-state index is 12.3. The minimum Gasteiger partial charge on any atom is -0.491 e. The number of rotatable bonds is 9. The Labute approximate surface area is 144 Å². The molecule has 134 valence electrons. The van der Waals surface area contributed by atoms with Gasteiger partial charge in [0.05, 0.1) is 18.9 Å². The maximum absolute atomic E-state index is 12.3. The number of ether oxygens (including phenoxy) is 3. The van der Waals surface area contributed by atoms with E-state index in [0.29, 0.717) is 31.3 Å². The standard InChI is InChI=1S/C18H28N2O4/c1-3-13-23-16-10-6-5-9-15(16)19-18(21)24-17(14-22-4-2)20-11-7-8-12-20/h5-6,9-10,17H,3-4,7-8,11-14H2,1-2H3,(H,19,21). The van der Waals surface area contributed by atoms with Crippen LogP contribution in [0.25, 0.3) is 0 Å². The molecular weight excluding hydrogens is 308 g/mol. The van der Waals surface area contributed by atoms with Crippen molar-refractivity contribution in [1.82, 2.24) is 4.90 Å². The number of amides is 1. The van der Waals surface area contributed by atoms with E-state index < -0.39 is 6.09 Å². The second-order valence-corrected chi connectivity index (χ2v) is 5.73. The van der Waals surface area contributed by atoms with Crippen LogP contribution in [0.2, 0.25) is 0 Å². The molecule has 1 fully saturated rings. The molecule has 1 atom stereocenters. The SMILES string of the molecule is CCCOc1ccccc1NC(=O)OC(COCC)N1CCCC1. The van der Waals surface area contributed by atoms with Crippen LogP contribution in [-0.2, 0) is 9.47 Å². The van der Waals surface area contributed by atoms with Crippen LogP contribution in [0, 0.1) is 0 Å². The molecule has 0 radical (unpaired) electrons. The molecule has 1 aromatic rings. The molecule has 1 amide bonds. The molecule has 1 heterocycles. The van der Waals surface area contributed by atoms with Crippen LogP contribution in [0.4, 0.5) is 10.5 Å². The molecule has 6 nitrogen and oxygen atoms in total. The predicted molar refractivity (Wildman–Crippen MR) is 93.4 cm³/mol.